The zero-order chi connectivity index (χ0) is 9.83. The average molecular weight is 213 g/mol. The number of sulfone groups is 1. The Kier molecular flexibility index (Phi) is 4.56. The predicted molar refractivity (Wildman–Crippen MR) is 53.4 cm³/mol. The maximum atomic E-state index is 11.1. The summed E-state index contributed by atoms with van der Waals surface area (Å²) < 4.78 is 22.2. The maximum Gasteiger partial charge on any atom is 0.150 e. The molecule has 0 aromatic heterocycles. The fourth-order valence-electron chi connectivity index (χ4n) is 0.643. The largest absolute Gasteiger partial charge is 0.229 e. The Bertz CT molecular complexity index is 219. The molecule has 0 aliphatic rings. The summed E-state index contributed by atoms with van der Waals surface area (Å²) in [5.41, 5.74) is -0.0657. The van der Waals surface area contributed by atoms with Crippen LogP contribution in [0.5, 0.6) is 0 Å². The molecule has 4 heteroatoms. The van der Waals surface area contributed by atoms with E-state index >= 15 is 0 Å². The van der Waals surface area contributed by atoms with Gasteiger partial charge in [0, 0.05) is 11.6 Å². The topological polar surface area (TPSA) is 34.1 Å². The molecule has 0 heterocycles. The molecular weight excluding hydrogens is 196 g/mol. The minimum Gasteiger partial charge on any atom is -0.229 e. The highest BCUT2D eigenvalue weighted by Gasteiger charge is 2.19. The van der Waals surface area contributed by atoms with Crippen molar-refractivity contribution in [2.75, 3.05) is 17.4 Å². The van der Waals surface area contributed by atoms with Gasteiger partial charge in [-0.3, -0.25) is 0 Å². The molecule has 0 unspecified atom stereocenters. The third kappa shape index (κ3) is 4.99. The highest BCUT2D eigenvalue weighted by atomic mass is 35.5. The zero-order valence-corrected chi connectivity index (χ0v) is 9.50. The molecule has 0 aromatic carbocycles. The Balaban J connectivity index is 4.00. The molecule has 0 fully saturated rings. The van der Waals surface area contributed by atoms with Gasteiger partial charge in [-0.2, -0.15) is 0 Å². The molecule has 0 rings (SSSR count). The van der Waals surface area contributed by atoms with Gasteiger partial charge in [-0.05, 0) is 11.8 Å². The smallest absolute Gasteiger partial charge is 0.150 e. The van der Waals surface area contributed by atoms with Crippen LogP contribution >= 0.6 is 11.6 Å². The molecule has 0 spiro atoms. The number of hydrogen-bond donors (Lipinski definition) is 0. The van der Waals surface area contributed by atoms with Crippen molar-refractivity contribution in [2.24, 2.45) is 5.41 Å². The van der Waals surface area contributed by atoms with Crippen molar-refractivity contribution in [2.45, 2.75) is 27.2 Å². The van der Waals surface area contributed by atoms with Crippen molar-refractivity contribution in [1.82, 2.24) is 0 Å². The van der Waals surface area contributed by atoms with Crippen LogP contribution in [-0.2, 0) is 9.84 Å². The van der Waals surface area contributed by atoms with Crippen LogP contribution in [-0.4, -0.2) is 25.8 Å². The summed E-state index contributed by atoms with van der Waals surface area (Å²) in [6.45, 7) is 5.62. The second-order valence-electron chi connectivity index (χ2n) is 3.78. The van der Waals surface area contributed by atoms with Crippen molar-refractivity contribution >= 4 is 21.4 Å². The highest BCUT2D eigenvalue weighted by molar-refractivity contribution is 7.91. The predicted octanol–water partition coefficient (Wildman–Crippen LogP) is 2.08. The second kappa shape index (κ2) is 4.47. The van der Waals surface area contributed by atoms with Crippen LogP contribution in [0.1, 0.15) is 27.2 Å². The molecule has 0 saturated carbocycles. The third-order valence-corrected chi connectivity index (χ3v) is 4.32. The van der Waals surface area contributed by atoms with Gasteiger partial charge in [0.1, 0.15) is 9.84 Å². The number of rotatable bonds is 5. The molecule has 0 aliphatic heterocycles. The second-order valence-corrected chi connectivity index (χ2v) is 6.52. The number of alkyl halides is 1. The van der Waals surface area contributed by atoms with Crippen LogP contribution in [0, 0.1) is 5.41 Å². The lowest BCUT2D eigenvalue weighted by Gasteiger charge is -2.20. The molecule has 12 heavy (non-hydrogen) atoms. The molecule has 0 radical (unpaired) electrons. The van der Waals surface area contributed by atoms with E-state index in [0.29, 0.717) is 12.3 Å². The molecular formula is C8H17ClO2S. The SMILES string of the molecule is CCS(=O)(=O)CCC(C)(C)CCl. The van der Waals surface area contributed by atoms with Crippen LogP contribution in [0.4, 0.5) is 0 Å². The van der Waals surface area contributed by atoms with Gasteiger partial charge >= 0.3 is 0 Å². The number of halogens is 1. The van der Waals surface area contributed by atoms with Crippen molar-refractivity contribution in [3.05, 3.63) is 0 Å². The van der Waals surface area contributed by atoms with Crippen LogP contribution in [0.15, 0.2) is 0 Å². The van der Waals surface area contributed by atoms with E-state index in [9.17, 15) is 8.42 Å². The van der Waals surface area contributed by atoms with E-state index in [1.165, 1.54) is 0 Å². The normalized spacial score (nSPS) is 13.3. The van der Waals surface area contributed by atoms with Crippen LogP contribution in [0.25, 0.3) is 0 Å². The van der Waals surface area contributed by atoms with Crippen molar-refractivity contribution < 1.29 is 8.42 Å². The summed E-state index contributed by atoms with van der Waals surface area (Å²) in [5, 5.41) is 0. The lowest BCUT2D eigenvalue weighted by Crippen LogP contribution is -2.20. The lowest BCUT2D eigenvalue weighted by atomic mass is 9.93. The van der Waals surface area contributed by atoms with E-state index in [0.717, 1.165) is 0 Å². The van der Waals surface area contributed by atoms with Gasteiger partial charge in [-0.1, -0.05) is 20.8 Å². The van der Waals surface area contributed by atoms with Gasteiger partial charge < -0.3 is 0 Å². The molecule has 0 atom stereocenters. The summed E-state index contributed by atoms with van der Waals surface area (Å²) in [6, 6.07) is 0. The summed E-state index contributed by atoms with van der Waals surface area (Å²) in [4.78, 5) is 0. The summed E-state index contributed by atoms with van der Waals surface area (Å²) >= 11 is 5.67. The molecule has 0 aliphatic carbocycles. The Morgan fingerprint density at radius 3 is 2.17 bits per heavy atom. The Morgan fingerprint density at radius 2 is 1.83 bits per heavy atom. The maximum absolute atomic E-state index is 11.1. The molecule has 2 nitrogen and oxygen atoms in total. The van der Waals surface area contributed by atoms with Crippen molar-refractivity contribution in [3.63, 3.8) is 0 Å². The summed E-state index contributed by atoms with van der Waals surface area (Å²) in [7, 11) is -2.82. The quantitative estimate of drug-likeness (QED) is 0.654. The summed E-state index contributed by atoms with van der Waals surface area (Å²) in [6.07, 6.45) is 0.646. The first-order valence-electron chi connectivity index (χ1n) is 4.09. The average Bonchev–Trinajstić information content (AvgIpc) is 2.02. The Hall–Kier alpha value is 0.240. The molecule has 0 bridgehead atoms. The van der Waals surface area contributed by atoms with Gasteiger partial charge in [0.15, 0.2) is 0 Å². The minimum absolute atomic E-state index is 0.0657. The van der Waals surface area contributed by atoms with Gasteiger partial charge in [0.2, 0.25) is 0 Å². The van der Waals surface area contributed by atoms with E-state index in [4.69, 9.17) is 11.6 Å². The van der Waals surface area contributed by atoms with Crippen LogP contribution in [0.3, 0.4) is 0 Å². The van der Waals surface area contributed by atoms with Crippen LogP contribution in [0.2, 0.25) is 0 Å². The first kappa shape index (κ1) is 12.2. The fourth-order valence-corrected chi connectivity index (χ4v) is 1.93. The first-order chi connectivity index (χ1) is 5.33. The highest BCUT2D eigenvalue weighted by Crippen LogP contribution is 2.22. The van der Waals surface area contributed by atoms with E-state index in [2.05, 4.69) is 0 Å². The Morgan fingerprint density at radius 1 is 1.33 bits per heavy atom. The van der Waals surface area contributed by atoms with Crippen molar-refractivity contribution in [1.29, 1.82) is 0 Å². The zero-order valence-electron chi connectivity index (χ0n) is 7.93. The van der Waals surface area contributed by atoms with Crippen molar-refractivity contribution in [3.8, 4) is 0 Å². The Labute approximate surface area is 80.2 Å². The molecule has 0 N–H and O–H groups in total. The van der Waals surface area contributed by atoms with E-state index < -0.39 is 9.84 Å². The molecule has 0 aromatic rings. The lowest BCUT2D eigenvalue weighted by molar-refractivity contribution is 0.404. The van der Waals surface area contributed by atoms with E-state index in [-0.39, 0.29) is 16.9 Å². The third-order valence-electron chi connectivity index (χ3n) is 1.89. The summed E-state index contributed by atoms with van der Waals surface area (Å²) in [5.74, 6) is 0.987. The van der Waals surface area contributed by atoms with Gasteiger partial charge in [0.05, 0.1) is 5.75 Å². The first-order valence-corrected chi connectivity index (χ1v) is 6.45. The molecule has 0 amide bonds. The van der Waals surface area contributed by atoms with Gasteiger partial charge in [-0.25, -0.2) is 8.42 Å². The number of hydrogen-bond acceptors (Lipinski definition) is 2. The fraction of sp³-hybridized carbons (Fsp3) is 1.00. The van der Waals surface area contributed by atoms with Gasteiger partial charge in [0.25, 0.3) is 0 Å². The molecule has 74 valence electrons. The minimum atomic E-state index is -2.82. The van der Waals surface area contributed by atoms with E-state index in [1.54, 1.807) is 6.92 Å². The molecule has 0 saturated heterocycles. The standard InChI is InChI=1S/C8H17ClO2S/c1-4-12(10,11)6-5-8(2,3)7-9/h4-7H2,1-3H3. The monoisotopic (exact) mass is 212 g/mol. The van der Waals surface area contributed by atoms with Crippen LogP contribution < -0.4 is 0 Å². The van der Waals surface area contributed by atoms with E-state index in [1.807, 2.05) is 13.8 Å². The van der Waals surface area contributed by atoms with Gasteiger partial charge in [-0.15, -0.1) is 11.6 Å².